The third kappa shape index (κ3) is 11.4. The molecule has 2 aromatic rings. The smallest absolute Gasteiger partial charge is 0.231 e. The zero-order chi connectivity index (χ0) is 21.0. The van der Waals surface area contributed by atoms with Crippen molar-refractivity contribution in [1.29, 1.82) is 0 Å². The summed E-state index contributed by atoms with van der Waals surface area (Å²) in [6.07, 6.45) is 0. The predicted octanol–water partition coefficient (Wildman–Crippen LogP) is 6.59. The fourth-order valence-electron chi connectivity index (χ4n) is 1.84. The Morgan fingerprint density at radius 1 is 0.607 bits per heavy atom. The summed E-state index contributed by atoms with van der Waals surface area (Å²) in [6.45, 7) is 16.9. The van der Waals surface area contributed by atoms with E-state index in [1.165, 1.54) is 0 Å². The van der Waals surface area contributed by atoms with E-state index in [0.29, 0.717) is 25.4 Å². The van der Waals surface area contributed by atoms with Crippen LogP contribution in [0.4, 0.5) is 0 Å². The Kier molecular flexibility index (Phi) is 10.3. The van der Waals surface area contributed by atoms with E-state index in [2.05, 4.69) is 48.5 Å². The molecule has 0 spiro atoms. The minimum Gasteiger partial charge on any atom is -0.486 e. The van der Waals surface area contributed by atoms with Crippen molar-refractivity contribution in [2.24, 2.45) is 11.3 Å². The summed E-state index contributed by atoms with van der Waals surface area (Å²) in [5.41, 5.74) is 0.500. The fraction of sp³-hybridized carbons (Fsp3) is 0.500. The highest BCUT2D eigenvalue weighted by Crippen LogP contribution is 2.30. The summed E-state index contributed by atoms with van der Waals surface area (Å²) < 4.78 is 20.7. The number of ether oxygens (including phenoxy) is 4. The second kappa shape index (κ2) is 12.2. The van der Waals surface area contributed by atoms with Crippen LogP contribution in [-0.2, 0) is 0 Å². The number of hydrogen-bond acceptors (Lipinski definition) is 4. The second-order valence-corrected chi connectivity index (χ2v) is 8.73. The van der Waals surface area contributed by atoms with Crippen molar-refractivity contribution in [3.63, 3.8) is 0 Å². The molecule has 0 radical (unpaired) electrons. The van der Waals surface area contributed by atoms with Gasteiger partial charge < -0.3 is 18.9 Å². The summed E-state index contributed by atoms with van der Waals surface area (Å²) in [7, 11) is 0. The molecule has 28 heavy (non-hydrogen) atoms. The SMILES string of the molecule is CC(C)(C)C.CC(C)C.c1ccc2c(c1)OCCO2.c1ccc2c(c1)OCO2. The quantitative estimate of drug-likeness (QED) is 0.510. The van der Waals surface area contributed by atoms with Crippen LogP contribution in [0.25, 0.3) is 0 Å². The Balaban J connectivity index is 0.000000201. The lowest BCUT2D eigenvalue weighted by Crippen LogP contribution is -2.14. The van der Waals surface area contributed by atoms with Crippen molar-refractivity contribution in [3.8, 4) is 23.0 Å². The molecule has 0 saturated carbocycles. The monoisotopic (exact) mass is 388 g/mol. The summed E-state index contributed by atoms with van der Waals surface area (Å²) in [6, 6.07) is 15.3. The van der Waals surface area contributed by atoms with Gasteiger partial charge in [-0.1, -0.05) is 72.7 Å². The van der Waals surface area contributed by atoms with Gasteiger partial charge in [-0.05, 0) is 35.6 Å². The zero-order valence-corrected chi connectivity index (χ0v) is 18.5. The normalized spacial score (nSPS) is 13.1. The fourth-order valence-corrected chi connectivity index (χ4v) is 1.84. The van der Waals surface area contributed by atoms with Crippen molar-refractivity contribution in [3.05, 3.63) is 48.5 Å². The molecule has 4 nitrogen and oxygen atoms in total. The molecule has 4 rings (SSSR count). The lowest BCUT2D eigenvalue weighted by molar-refractivity contribution is 0.171. The Morgan fingerprint density at radius 3 is 1.14 bits per heavy atom. The van der Waals surface area contributed by atoms with Gasteiger partial charge >= 0.3 is 0 Å². The molecule has 0 aromatic heterocycles. The van der Waals surface area contributed by atoms with E-state index < -0.39 is 0 Å². The van der Waals surface area contributed by atoms with Gasteiger partial charge in [0.1, 0.15) is 13.2 Å². The molecule has 0 amide bonds. The molecule has 2 heterocycles. The first-order valence-corrected chi connectivity index (χ1v) is 9.86. The van der Waals surface area contributed by atoms with E-state index in [9.17, 15) is 0 Å². The highest BCUT2D eigenvalue weighted by molar-refractivity contribution is 5.41. The molecule has 2 aliphatic rings. The Hall–Kier alpha value is -2.36. The molecule has 0 unspecified atom stereocenters. The van der Waals surface area contributed by atoms with E-state index in [1.807, 2.05) is 48.5 Å². The van der Waals surface area contributed by atoms with E-state index in [4.69, 9.17) is 18.9 Å². The zero-order valence-electron chi connectivity index (χ0n) is 18.5. The number of benzene rings is 2. The van der Waals surface area contributed by atoms with Gasteiger partial charge in [-0.2, -0.15) is 0 Å². The van der Waals surface area contributed by atoms with E-state index in [0.717, 1.165) is 28.9 Å². The molecule has 156 valence electrons. The van der Waals surface area contributed by atoms with Crippen LogP contribution in [-0.4, -0.2) is 20.0 Å². The van der Waals surface area contributed by atoms with Gasteiger partial charge in [-0.25, -0.2) is 0 Å². The maximum absolute atomic E-state index is 5.30. The molecule has 0 saturated heterocycles. The van der Waals surface area contributed by atoms with Crippen LogP contribution in [0.1, 0.15) is 48.5 Å². The van der Waals surface area contributed by atoms with Gasteiger partial charge in [0.2, 0.25) is 6.79 Å². The van der Waals surface area contributed by atoms with Gasteiger partial charge in [0, 0.05) is 0 Å². The Labute approximate surface area is 170 Å². The Morgan fingerprint density at radius 2 is 0.857 bits per heavy atom. The molecule has 2 aromatic carbocycles. The third-order valence-corrected chi connectivity index (χ3v) is 2.73. The molecule has 0 aliphatic carbocycles. The third-order valence-electron chi connectivity index (χ3n) is 2.73. The molecular weight excluding hydrogens is 352 g/mol. The molecule has 4 heteroatoms. The van der Waals surface area contributed by atoms with Crippen molar-refractivity contribution in [2.75, 3.05) is 20.0 Å². The summed E-state index contributed by atoms with van der Waals surface area (Å²) >= 11 is 0. The van der Waals surface area contributed by atoms with Crippen molar-refractivity contribution < 1.29 is 18.9 Å². The summed E-state index contributed by atoms with van der Waals surface area (Å²) in [5, 5.41) is 0. The maximum Gasteiger partial charge on any atom is 0.231 e. The van der Waals surface area contributed by atoms with Crippen molar-refractivity contribution in [2.45, 2.75) is 48.5 Å². The first-order chi connectivity index (χ1) is 13.2. The largest absolute Gasteiger partial charge is 0.486 e. The molecule has 0 atom stereocenters. The van der Waals surface area contributed by atoms with E-state index in [-0.39, 0.29) is 0 Å². The van der Waals surface area contributed by atoms with Crippen LogP contribution in [0, 0.1) is 11.3 Å². The van der Waals surface area contributed by atoms with Crippen LogP contribution in [0.2, 0.25) is 0 Å². The van der Waals surface area contributed by atoms with Crippen molar-refractivity contribution in [1.82, 2.24) is 0 Å². The lowest BCUT2D eigenvalue weighted by Gasteiger charge is -2.17. The highest BCUT2D eigenvalue weighted by atomic mass is 16.7. The van der Waals surface area contributed by atoms with E-state index in [1.54, 1.807) is 0 Å². The maximum atomic E-state index is 5.30. The first kappa shape index (κ1) is 23.7. The average molecular weight is 389 g/mol. The topological polar surface area (TPSA) is 36.9 Å². The molecular formula is C24H36O4. The van der Waals surface area contributed by atoms with Gasteiger partial charge in [-0.3, -0.25) is 0 Å². The van der Waals surface area contributed by atoms with Crippen molar-refractivity contribution >= 4 is 0 Å². The predicted molar refractivity (Wildman–Crippen MR) is 116 cm³/mol. The van der Waals surface area contributed by atoms with Crippen LogP contribution in [0.5, 0.6) is 23.0 Å². The van der Waals surface area contributed by atoms with Gasteiger partial charge in [-0.15, -0.1) is 0 Å². The minimum atomic E-state index is 0.360. The van der Waals surface area contributed by atoms with Crippen LogP contribution < -0.4 is 18.9 Å². The minimum absolute atomic E-state index is 0.360. The first-order valence-electron chi connectivity index (χ1n) is 9.86. The molecule has 0 N–H and O–H groups in total. The molecule has 2 aliphatic heterocycles. The average Bonchev–Trinajstić information content (AvgIpc) is 3.09. The highest BCUT2D eigenvalue weighted by Gasteiger charge is 2.09. The van der Waals surface area contributed by atoms with Gasteiger partial charge in [0.05, 0.1) is 0 Å². The number of para-hydroxylation sites is 4. The lowest BCUT2D eigenvalue weighted by atomic mass is 10.0. The van der Waals surface area contributed by atoms with Crippen LogP contribution in [0.15, 0.2) is 48.5 Å². The van der Waals surface area contributed by atoms with Gasteiger partial charge in [0.25, 0.3) is 0 Å². The number of fused-ring (bicyclic) bond motifs is 2. The summed E-state index contributed by atoms with van der Waals surface area (Å²) in [5.74, 6) is 4.23. The van der Waals surface area contributed by atoms with Crippen LogP contribution >= 0.6 is 0 Å². The van der Waals surface area contributed by atoms with Gasteiger partial charge in [0.15, 0.2) is 23.0 Å². The molecule has 0 fully saturated rings. The molecule has 0 bridgehead atoms. The number of hydrogen-bond donors (Lipinski definition) is 0. The van der Waals surface area contributed by atoms with E-state index >= 15 is 0 Å². The van der Waals surface area contributed by atoms with Crippen LogP contribution in [0.3, 0.4) is 0 Å². The standard InChI is InChI=1S/C8H8O2.C7H6O2.C5H12.C4H10/c1-2-4-8-7(3-1)9-5-6-10-8;1-2-4-7-6(3-1)8-5-9-7;1-5(2,3)4;1-4(2)3/h1-4H,5-6H2;1-4H,5H2;1-4H3;4H,1-3H3. The Bertz CT molecular complexity index is 618. The summed E-state index contributed by atoms with van der Waals surface area (Å²) in [4.78, 5) is 0. The second-order valence-electron chi connectivity index (χ2n) is 8.73. The number of rotatable bonds is 0.